The predicted octanol–water partition coefficient (Wildman–Crippen LogP) is 2.33. The van der Waals surface area contributed by atoms with Gasteiger partial charge in [-0.3, -0.25) is 4.79 Å². The summed E-state index contributed by atoms with van der Waals surface area (Å²) < 4.78 is 5.46. The molecule has 0 saturated carbocycles. The Kier molecular flexibility index (Phi) is 6.22. The number of amides is 1. The number of anilines is 1. The van der Waals surface area contributed by atoms with E-state index in [1.165, 1.54) is 0 Å². The van der Waals surface area contributed by atoms with Crippen molar-refractivity contribution in [2.75, 3.05) is 25.5 Å². The number of hydrogen-bond donors (Lipinski definition) is 2. The van der Waals surface area contributed by atoms with Gasteiger partial charge < -0.3 is 15.4 Å². The van der Waals surface area contributed by atoms with Gasteiger partial charge in [0, 0.05) is 12.1 Å². The van der Waals surface area contributed by atoms with E-state index in [0.717, 1.165) is 30.0 Å². The lowest BCUT2D eigenvalue weighted by molar-refractivity contribution is -0.116. The maximum atomic E-state index is 11.6. The molecular formula is C14H22N2O2. The number of hydrogen-bond acceptors (Lipinski definition) is 3. The standard InChI is InChI=1S/C14H22N2O2/c1-4-18-13-8-7-12(10-11(13)2)16-14(17)6-5-9-15-3/h7-8,10,15H,4-6,9H2,1-3H3,(H,16,17). The van der Waals surface area contributed by atoms with Crippen LogP contribution >= 0.6 is 0 Å². The highest BCUT2D eigenvalue weighted by molar-refractivity contribution is 5.90. The molecule has 0 fully saturated rings. The normalized spacial score (nSPS) is 10.2. The first-order chi connectivity index (χ1) is 8.67. The van der Waals surface area contributed by atoms with Crippen LogP contribution in [-0.2, 0) is 4.79 Å². The fraction of sp³-hybridized carbons (Fsp3) is 0.500. The van der Waals surface area contributed by atoms with Crippen molar-refractivity contribution in [3.63, 3.8) is 0 Å². The molecule has 1 rings (SSSR count). The highest BCUT2D eigenvalue weighted by Crippen LogP contribution is 2.21. The lowest BCUT2D eigenvalue weighted by Crippen LogP contribution is -2.15. The number of ether oxygens (including phenoxy) is 1. The Bertz CT molecular complexity index is 391. The van der Waals surface area contributed by atoms with Crippen LogP contribution in [0.3, 0.4) is 0 Å². The van der Waals surface area contributed by atoms with Crippen molar-refractivity contribution in [2.45, 2.75) is 26.7 Å². The summed E-state index contributed by atoms with van der Waals surface area (Å²) in [5, 5.41) is 5.91. The molecule has 0 bridgehead atoms. The minimum absolute atomic E-state index is 0.0498. The molecule has 0 aliphatic carbocycles. The van der Waals surface area contributed by atoms with E-state index in [9.17, 15) is 4.79 Å². The van der Waals surface area contributed by atoms with Gasteiger partial charge >= 0.3 is 0 Å². The van der Waals surface area contributed by atoms with Crippen LogP contribution in [0.15, 0.2) is 18.2 Å². The number of benzene rings is 1. The van der Waals surface area contributed by atoms with E-state index in [1.54, 1.807) is 0 Å². The van der Waals surface area contributed by atoms with E-state index < -0.39 is 0 Å². The van der Waals surface area contributed by atoms with Crippen LogP contribution in [0.5, 0.6) is 5.75 Å². The van der Waals surface area contributed by atoms with Crippen LogP contribution in [-0.4, -0.2) is 26.1 Å². The van der Waals surface area contributed by atoms with Gasteiger partial charge in [-0.25, -0.2) is 0 Å². The van der Waals surface area contributed by atoms with Crippen LogP contribution in [0.1, 0.15) is 25.3 Å². The first kappa shape index (κ1) is 14.5. The van der Waals surface area contributed by atoms with Gasteiger partial charge in [0.05, 0.1) is 6.61 Å². The molecule has 0 spiro atoms. The average Bonchev–Trinajstić information content (AvgIpc) is 2.33. The zero-order valence-corrected chi connectivity index (χ0v) is 11.4. The van der Waals surface area contributed by atoms with Crippen molar-refractivity contribution < 1.29 is 9.53 Å². The fourth-order valence-electron chi connectivity index (χ4n) is 1.69. The summed E-state index contributed by atoms with van der Waals surface area (Å²) in [6.07, 6.45) is 1.38. The number of nitrogens with one attached hydrogen (secondary N) is 2. The number of carbonyl (C=O) groups excluding carboxylic acids is 1. The third-order valence-electron chi connectivity index (χ3n) is 2.59. The van der Waals surface area contributed by atoms with Gasteiger partial charge in [0.1, 0.15) is 5.75 Å². The summed E-state index contributed by atoms with van der Waals surface area (Å²) in [6.45, 7) is 5.44. The number of aryl methyl sites for hydroxylation is 1. The molecule has 0 unspecified atom stereocenters. The van der Waals surface area contributed by atoms with E-state index >= 15 is 0 Å². The van der Waals surface area contributed by atoms with E-state index in [2.05, 4.69) is 10.6 Å². The first-order valence-electron chi connectivity index (χ1n) is 6.35. The lowest BCUT2D eigenvalue weighted by atomic mass is 10.2. The van der Waals surface area contributed by atoms with Gasteiger partial charge in [-0.15, -0.1) is 0 Å². The van der Waals surface area contributed by atoms with Gasteiger partial charge in [-0.1, -0.05) is 0 Å². The second-order valence-corrected chi connectivity index (χ2v) is 4.17. The fourth-order valence-corrected chi connectivity index (χ4v) is 1.69. The second kappa shape index (κ2) is 7.71. The van der Waals surface area contributed by atoms with Crippen molar-refractivity contribution in [2.24, 2.45) is 0 Å². The van der Waals surface area contributed by atoms with E-state index in [-0.39, 0.29) is 5.91 Å². The van der Waals surface area contributed by atoms with Crippen molar-refractivity contribution in [1.29, 1.82) is 0 Å². The summed E-state index contributed by atoms with van der Waals surface area (Å²) in [5.74, 6) is 0.916. The van der Waals surface area contributed by atoms with Crippen LogP contribution in [0.25, 0.3) is 0 Å². The van der Waals surface area contributed by atoms with Crippen molar-refractivity contribution in [1.82, 2.24) is 5.32 Å². The lowest BCUT2D eigenvalue weighted by Gasteiger charge is -2.10. The van der Waals surface area contributed by atoms with Gasteiger partial charge in [0.2, 0.25) is 5.91 Å². The maximum absolute atomic E-state index is 11.6. The Morgan fingerprint density at radius 1 is 1.39 bits per heavy atom. The maximum Gasteiger partial charge on any atom is 0.224 e. The molecule has 0 heterocycles. The summed E-state index contributed by atoms with van der Waals surface area (Å²) in [6, 6.07) is 5.69. The van der Waals surface area contributed by atoms with Gasteiger partial charge in [0.15, 0.2) is 0 Å². The van der Waals surface area contributed by atoms with Crippen molar-refractivity contribution >= 4 is 11.6 Å². The molecule has 2 N–H and O–H groups in total. The minimum Gasteiger partial charge on any atom is -0.494 e. The number of carbonyl (C=O) groups is 1. The van der Waals surface area contributed by atoms with Crippen molar-refractivity contribution in [3.05, 3.63) is 23.8 Å². The zero-order valence-electron chi connectivity index (χ0n) is 11.4. The minimum atomic E-state index is 0.0498. The first-order valence-corrected chi connectivity index (χ1v) is 6.35. The van der Waals surface area contributed by atoms with E-state index in [1.807, 2.05) is 39.1 Å². The Hall–Kier alpha value is -1.55. The van der Waals surface area contributed by atoms with Gasteiger partial charge in [-0.2, -0.15) is 0 Å². The summed E-state index contributed by atoms with van der Waals surface area (Å²) in [7, 11) is 1.88. The Balaban J connectivity index is 2.52. The number of rotatable bonds is 7. The molecule has 1 amide bonds. The summed E-state index contributed by atoms with van der Waals surface area (Å²) in [4.78, 5) is 11.6. The molecule has 0 aromatic heterocycles. The summed E-state index contributed by atoms with van der Waals surface area (Å²) >= 11 is 0. The predicted molar refractivity (Wildman–Crippen MR) is 74.1 cm³/mol. The Labute approximate surface area is 109 Å². The molecule has 1 aromatic rings. The highest BCUT2D eigenvalue weighted by Gasteiger charge is 2.04. The third-order valence-corrected chi connectivity index (χ3v) is 2.59. The van der Waals surface area contributed by atoms with Gasteiger partial charge in [0.25, 0.3) is 0 Å². The van der Waals surface area contributed by atoms with Crippen LogP contribution in [0, 0.1) is 6.92 Å². The molecule has 0 atom stereocenters. The van der Waals surface area contributed by atoms with E-state index in [4.69, 9.17) is 4.74 Å². The molecule has 0 saturated heterocycles. The molecule has 0 aliphatic rings. The Morgan fingerprint density at radius 2 is 2.17 bits per heavy atom. The third kappa shape index (κ3) is 4.75. The second-order valence-electron chi connectivity index (χ2n) is 4.17. The largest absolute Gasteiger partial charge is 0.494 e. The molecular weight excluding hydrogens is 228 g/mol. The van der Waals surface area contributed by atoms with Crippen LogP contribution in [0.2, 0.25) is 0 Å². The smallest absolute Gasteiger partial charge is 0.224 e. The van der Waals surface area contributed by atoms with E-state index in [0.29, 0.717) is 13.0 Å². The van der Waals surface area contributed by atoms with Gasteiger partial charge in [-0.05, 0) is 57.6 Å². The molecule has 0 aliphatic heterocycles. The molecule has 18 heavy (non-hydrogen) atoms. The summed E-state index contributed by atoms with van der Waals surface area (Å²) in [5.41, 5.74) is 1.86. The zero-order chi connectivity index (χ0) is 13.4. The molecule has 4 nitrogen and oxygen atoms in total. The highest BCUT2D eigenvalue weighted by atomic mass is 16.5. The van der Waals surface area contributed by atoms with Crippen LogP contribution < -0.4 is 15.4 Å². The topological polar surface area (TPSA) is 50.4 Å². The molecule has 100 valence electrons. The monoisotopic (exact) mass is 250 g/mol. The molecule has 4 heteroatoms. The van der Waals surface area contributed by atoms with Crippen molar-refractivity contribution in [3.8, 4) is 5.75 Å². The molecule has 1 aromatic carbocycles. The quantitative estimate of drug-likeness (QED) is 0.730. The molecule has 0 radical (unpaired) electrons. The average molecular weight is 250 g/mol. The SMILES string of the molecule is CCOc1ccc(NC(=O)CCCNC)cc1C. The Morgan fingerprint density at radius 3 is 2.78 bits per heavy atom. The van der Waals surface area contributed by atoms with Crippen LogP contribution in [0.4, 0.5) is 5.69 Å².